The maximum absolute atomic E-state index is 13.6. The smallest absolute Gasteiger partial charge is 0.391 e. The molecule has 1 N–H and O–H groups in total. The molecule has 3 heterocycles. The number of rotatable bonds is 11. The van der Waals surface area contributed by atoms with E-state index < -0.39 is 30.0 Å². The van der Waals surface area contributed by atoms with Gasteiger partial charge in [-0.25, -0.2) is 9.97 Å². The fraction of sp³-hybridized carbons (Fsp3) is 0.467. The summed E-state index contributed by atoms with van der Waals surface area (Å²) in [6.45, 7) is 0.662. The highest BCUT2D eigenvalue weighted by molar-refractivity contribution is 6.03. The summed E-state index contributed by atoms with van der Waals surface area (Å²) < 4.78 is 62.3. The highest BCUT2D eigenvalue weighted by Crippen LogP contribution is 2.40. The number of hydrogen-bond donors (Lipinski definition) is 1. The van der Waals surface area contributed by atoms with E-state index in [0.717, 1.165) is 5.56 Å². The summed E-state index contributed by atoms with van der Waals surface area (Å²) in [4.78, 5) is 36.0. The summed E-state index contributed by atoms with van der Waals surface area (Å²) in [7, 11) is 0. The zero-order chi connectivity index (χ0) is 30.2. The number of carbonyl (C=O) groups excluding carboxylic acids is 2. The van der Waals surface area contributed by atoms with Gasteiger partial charge in [-0.3, -0.25) is 14.9 Å². The first-order valence-electron chi connectivity index (χ1n) is 14.2. The largest absolute Gasteiger partial charge is 0.489 e. The number of hydrogen-bond acceptors (Lipinski definition) is 8. The second kappa shape index (κ2) is 14.0. The van der Waals surface area contributed by atoms with Crippen molar-refractivity contribution in [3.05, 3.63) is 72.4 Å². The van der Waals surface area contributed by atoms with Crippen molar-refractivity contribution in [2.45, 2.75) is 57.0 Å². The molecule has 2 fully saturated rings. The van der Waals surface area contributed by atoms with Crippen molar-refractivity contribution in [2.24, 2.45) is 11.8 Å². The number of benzene rings is 1. The average Bonchev–Trinajstić information content (AvgIpc) is 3.68. The topological polar surface area (TPSA) is 116 Å². The van der Waals surface area contributed by atoms with Crippen molar-refractivity contribution in [3.8, 4) is 5.75 Å². The summed E-state index contributed by atoms with van der Waals surface area (Å²) in [6.07, 6.45) is 0.172. The first kappa shape index (κ1) is 30.5. The summed E-state index contributed by atoms with van der Waals surface area (Å²) in [5, 5.41) is 2.50. The Balaban J connectivity index is 1.22. The molecule has 2 aromatic heterocycles. The monoisotopic (exact) mass is 602 g/mol. The van der Waals surface area contributed by atoms with Gasteiger partial charge in [-0.05, 0) is 49.8 Å². The molecule has 1 saturated carbocycles. The minimum atomic E-state index is -4.25. The first-order chi connectivity index (χ1) is 20.8. The average molecular weight is 603 g/mol. The van der Waals surface area contributed by atoms with Gasteiger partial charge in [-0.15, -0.1) is 0 Å². The summed E-state index contributed by atoms with van der Waals surface area (Å²) in [5.74, 6) is -2.48. The van der Waals surface area contributed by atoms with Crippen LogP contribution in [-0.2, 0) is 20.9 Å². The number of aromatic nitrogens is 2. The van der Waals surface area contributed by atoms with Crippen LogP contribution in [0.25, 0.3) is 0 Å². The molecular formula is C30H33F3N4O6. The van der Waals surface area contributed by atoms with E-state index in [0.29, 0.717) is 13.0 Å². The van der Waals surface area contributed by atoms with E-state index in [1.54, 1.807) is 17.0 Å². The van der Waals surface area contributed by atoms with Crippen LogP contribution in [-0.4, -0.2) is 64.9 Å². The number of nitrogens with zero attached hydrogens (tertiary/aromatic N) is 3. The molecule has 5 rings (SSSR count). The van der Waals surface area contributed by atoms with E-state index in [9.17, 15) is 22.8 Å². The van der Waals surface area contributed by atoms with Crippen LogP contribution >= 0.6 is 0 Å². The number of carbonyl (C=O) groups is 2. The predicted molar refractivity (Wildman–Crippen MR) is 147 cm³/mol. The second-order valence-electron chi connectivity index (χ2n) is 10.7. The van der Waals surface area contributed by atoms with Crippen molar-refractivity contribution in [3.63, 3.8) is 0 Å². The quantitative estimate of drug-likeness (QED) is 0.234. The number of likely N-dealkylation sites (tertiary alicyclic amines) is 1. The number of amides is 2. The van der Waals surface area contributed by atoms with Crippen LogP contribution in [0.3, 0.4) is 0 Å². The number of alkyl halides is 3. The molecule has 1 aromatic carbocycles. The molecule has 0 unspecified atom stereocenters. The van der Waals surface area contributed by atoms with Crippen molar-refractivity contribution >= 4 is 17.8 Å². The zero-order valence-electron chi connectivity index (χ0n) is 23.4. The number of halogens is 3. The molecule has 2 aliphatic rings. The minimum Gasteiger partial charge on any atom is -0.489 e. The normalized spacial score (nSPS) is 22.3. The standard InChI is InChI=1S/C30H33F3N4O6/c31-30(32,33)22-10-8-21(9-11-22)28(39)37-16-24(43-19-40-17-20-5-2-1-3-6-20)15-23(37)18-42-25-7-4-12-34-26(25)27(38)36-29-35-13-14-41-29/h1-7,12-14,21-24H,8-11,15-19H2,(H,35,36,38)/t21?,22?,23-,24-/m1/s1. The molecule has 1 saturated heterocycles. The summed E-state index contributed by atoms with van der Waals surface area (Å²) in [5.41, 5.74) is 0.998. The van der Waals surface area contributed by atoms with E-state index in [-0.39, 0.29) is 75.1 Å². The van der Waals surface area contributed by atoms with Gasteiger partial charge >= 0.3 is 12.2 Å². The first-order valence-corrected chi connectivity index (χ1v) is 14.2. The lowest BCUT2D eigenvalue weighted by molar-refractivity contribution is -0.185. The molecule has 43 heavy (non-hydrogen) atoms. The zero-order valence-corrected chi connectivity index (χ0v) is 23.4. The molecule has 0 radical (unpaired) electrons. The Kier molecular flexibility index (Phi) is 9.93. The van der Waals surface area contributed by atoms with Gasteiger partial charge in [-0.1, -0.05) is 30.3 Å². The summed E-state index contributed by atoms with van der Waals surface area (Å²) in [6, 6.07) is 12.4. The molecule has 0 bridgehead atoms. The lowest BCUT2D eigenvalue weighted by Crippen LogP contribution is -2.44. The van der Waals surface area contributed by atoms with Crippen LogP contribution in [0.5, 0.6) is 5.75 Å². The van der Waals surface area contributed by atoms with Crippen LogP contribution in [0.2, 0.25) is 0 Å². The maximum Gasteiger partial charge on any atom is 0.391 e. The van der Waals surface area contributed by atoms with Crippen LogP contribution in [0.15, 0.2) is 65.5 Å². The van der Waals surface area contributed by atoms with Gasteiger partial charge in [0.15, 0.2) is 11.4 Å². The van der Waals surface area contributed by atoms with E-state index >= 15 is 0 Å². The Bertz CT molecular complexity index is 1330. The Morgan fingerprint density at radius 3 is 2.53 bits per heavy atom. The second-order valence-corrected chi connectivity index (χ2v) is 10.7. The molecule has 1 aliphatic heterocycles. The SMILES string of the molecule is O=C(Nc1ncco1)c1ncccc1OC[C@H]1C[C@@H](OCOCc2ccccc2)CN1C(=O)C1CCC(C(F)(F)F)CC1. The van der Waals surface area contributed by atoms with Gasteiger partial charge in [0, 0.05) is 18.7 Å². The van der Waals surface area contributed by atoms with E-state index in [2.05, 4.69) is 15.3 Å². The van der Waals surface area contributed by atoms with Crippen molar-refractivity contribution in [2.75, 3.05) is 25.3 Å². The minimum absolute atomic E-state index is 0.00360. The Labute approximate surface area is 246 Å². The Morgan fingerprint density at radius 1 is 1.02 bits per heavy atom. The highest BCUT2D eigenvalue weighted by Gasteiger charge is 2.45. The van der Waals surface area contributed by atoms with Gasteiger partial charge in [0.25, 0.3) is 5.91 Å². The molecule has 2 amide bonds. The van der Waals surface area contributed by atoms with Crippen molar-refractivity contribution < 1.29 is 41.4 Å². The maximum atomic E-state index is 13.6. The highest BCUT2D eigenvalue weighted by atomic mass is 19.4. The molecule has 0 spiro atoms. The fourth-order valence-corrected chi connectivity index (χ4v) is 5.51. The lowest BCUT2D eigenvalue weighted by Gasteiger charge is -2.33. The molecule has 1 aliphatic carbocycles. The molecule has 13 heteroatoms. The van der Waals surface area contributed by atoms with Gasteiger partial charge in [0.05, 0.1) is 30.9 Å². The molecule has 2 atom stereocenters. The van der Waals surface area contributed by atoms with Crippen LogP contribution in [0.4, 0.5) is 19.2 Å². The predicted octanol–water partition coefficient (Wildman–Crippen LogP) is 5.23. The van der Waals surface area contributed by atoms with E-state index in [1.807, 2.05) is 30.3 Å². The van der Waals surface area contributed by atoms with Crippen molar-refractivity contribution in [1.29, 1.82) is 0 Å². The fourth-order valence-electron chi connectivity index (χ4n) is 5.51. The lowest BCUT2D eigenvalue weighted by atomic mass is 9.81. The van der Waals surface area contributed by atoms with Crippen LogP contribution in [0.1, 0.15) is 48.2 Å². The molecule has 10 nitrogen and oxygen atoms in total. The van der Waals surface area contributed by atoms with Gasteiger partial charge in [0.1, 0.15) is 19.7 Å². The van der Waals surface area contributed by atoms with Gasteiger partial charge in [-0.2, -0.15) is 13.2 Å². The van der Waals surface area contributed by atoms with E-state index in [4.69, 9.17) is 18.6 Å². The molecule has 230 valence electrons. The number of pyridine rings is 1. The van der Waals surface area contributed by atoms with Gasteiger partial charge < -0.3 is 23.5 Å². The third-order valence-corrected chi connectivity index (χ3v) is 7.77. The van der Waals surface area contributed by atoms with Crippen LogP contribution in [0, 0.1) is 11.8 Å². The number of oxazole rings is 1. The third-order valence-electron chi connectivity index (χ3n) is 7.77. The van der Waals surface area contributed by atoms with Gasteiger partial charge in [0.2, 0.25) is 5.91 Å². The Morgan fingerprint density at radius 2 is 1.81 bits per heavy atom. The Hall–Kier alpha value is -3.97. The number of ether oxygens (including phenoxy) is 3. The molecule has 3 aromatic rings. The number of nitrogens with one attached hydrogen (secondary N) is 1. The summed E-state index contributed by atoms with van der Waals surface area (Å²) >= 11 is 0. The molecular weight excluding hydrogens is 569 g/mol. The van der Waals surface area contributed by atoms with E-state index in [1.165, 1.54) is 18.7 Å². The third kappa shape index (κ3) is 8.11. The van der Waals surface area contributed by atoms with Crippen LogP contribution < -0.4 is 10.1 Å². The van der Waals surface area contributed by atoms with Crippen molar-refractivity contribution in [1.82, 2.24) is 14.9 Å². The number of anilines is 1.